The summed E-state index contributed by atoms with van der Waals surface area (Å²) in [6.07, 6.45) is 15.0. The fraction of sp³-hybridized carbons (Fsp3) is 0.577. The van der Waals surface area contributed by atoms with Crippen LogP contribution < -0.4 is 0 Å². The Bertz CT molecular complexity index is 1030. The van der Waals surface area contributed by atoms with Crippen LogP contribution in [-0.2, 0) is 0 Å². The monoisotopic (exact) mass is 388 g/mol. The van der Waals surface area contributed by atoms with Crippen molar-refractivity contribution in [2.24, 2.45) is 28.6 Å². The van der Waals surface area contributed by atoms with Crippen LogP contribution in [0.2, 0.25) is 0 Å². The van der Waals surface area contributed by atoms with Crippen molar-refractivity contribution in [3.63, 3.8) is 0 Å². The summed E-state index contributed by atoms with van der Waals surface area (Å²) in [6.45, 7) is 5.03. The third-order valence-electron chi connectivity index (χ3n) is 9.33. The number of aliphatic hydroxyl groups excluding tert-OH is 1. The average Bonchev–Trinajstić information content (AvgIpc) is 3.29. The first-order valence-electron chi connectivity index (χ1n) is 11.5. The van der Waals surface area contributed by atoms with Crippen molar-refractivity contribution in [1.82, 2.24) is 9.55 Å². The lowest BCUT2D eigenvalue weighted by molar-refractivity contribution is -0.0249. The quantitative estimate of drug-likeness (QED) is 0.626. The van der Waals surface area contributed by atoms with Crippen molar-refractivity contribution >= 4 is 16.7 Å². The molecule has 4 aliphatic rings. The molecule has 3 nitrogen and oxygen atoms in total. The number of aliphatic hydroxyl groups is 1. The number of nitrogens with zero attached hydrogens (tertiary/aromatic N) is 2. The summed E-state index contributed by atoms with van der Waals surface area (Å²) in [5, 5.41) is 10.2. The molecule has 2 aromatic rings. The van der Waals surface area contributed by atoms with E-state index in [1.807, 2.05) is 6.33 Å². The molecule has 0 aliphatic heterocycles. The number of benzene rings is 1. The molecule has 0 radical (unpaired) electrons. The van der Waals surface area contributed by atoms with Crippen molar-refractivity contribution in [2.75, 3.05) is 0 Å². The van der Waals surface area contributed by atoms with Crippen LogP contribution in [-0.4, -0.2) is 20.8 Å². The maximum absolute atomic E-state index is 10.2. The number of hydrogen-bond acceptors (Lipinski definition) is 2. The summed E-state index contributed by atoms with van der Waals surface area (Å²) in [5.41, 5.74) is 5.92. The minimum Gasteiger partial charge on any atom is -0.393 e. The molecule has 1 aromatic heterocycles. The van der Waals surface area contributed by atoms with Crippen LogP contribution in [0.25, 0.3) is 16.7 Å². The van der Waals surface area contributed by atoms with Gasteiger partial charge in [-0.1, -0.05) is 43.7 Å². The fourth-order valence-corrected chi connectivity index (χ4v) is 7.71. The van der Waals surface area contributed by atoms with Gasteiger partial charge in [0.1, 0.15) is 6.33 Å². The van der Waals surface area contributed by atoms with E-state index in [4.69, 9.17) is 0 Å². The Morgan fingerprint density at radius 3 is 2.72 bits per heavy atom. The summed E-state index contributed by atoms with van der Waals surface area (Å²) in [4.78, 5) is 4.67. The topological polar surface area (TPSA) is 38.0 Å². The maximum Gasteiger partial charge on any atom is 0.100 e. The molecule has 2 saturated carbocycles. The van der Waals surface area contributed by atoms with E-state index in [9.17, 15) is 5.11 Å². The first kappa shape index (κ1) is 17.9. The van der Waals surface area contributed by atoms with Gasteiger partial charge in [-0.3, -0.25) is 0 Å². The highest BCUT2D eigenvalue weighted by atomic mass is 16.3. The molecular weight excluding hydrogens is 356 g/mol. The molecule has 1 aromatic carbocycles. The maximum atomic E-state index is 10.2. The van der Waals surface area contributed by atoms with Gasteiger partial charge in [0, 0.05) is 11.1 Å². The van der Waals surface area contributed by atoms with E-state index in [0.29, 0.717) is 5.41 Å². The number of rotatable bonds is 1. The summed E-state index contributed by atoms with van der Waals surface area (Å²) in [6, 6.07) is 8.52. The number of imidazole rings is 1. The Morgan fingerprint density at radius 1 is 1.00 bits per heavy atom. The zero-order valence-corrected chi connectivity index (χ0v) is 17.6. The first-order valence-corrected chi connectivity index (χ1v) is 11.5. The van der Waals surface area contributed by atoms with Crippen LogP contribution in [0, 0.1) is 28.6 Å². The van der Waals surface area contributed by atoms with Crippen LogP contribution in [0.4, 0.5) is 0 Å². The second-order valence-corrected chi connectivity index (χ2v) is 10.5. The van der Waals surface area contributed by atoms with Gasteiger partial charge in [0.05, 0.1) is 17.1 Å². The smallest absolute Gasteiger partial charge is 0.100 e. The normalized spacial score (nSPS) is 41.3. The number of hydrogen-bond donors (Lipinski definition) is 1. The lowest BCUT2D eigenvalue weighted by Crippen LogP contribution is -2.50. The number of para-hydroxylation sites is 2. The van der Waals surface area contributed by atoms with Gasteiger partial charge in [0.15, 0.2) is 0 Å². The van der Waals surface area contributed by atoms with E-state index in [-0.39, 0.29) is 11.5 Å². The van der Waals surface area contributed by atoms with E-state index >= 15 is 0 Å². The first-order chi connectivity index (χ1) is 14.0. The SMILES string of the molecule is CC12CC[C@H]3[C@@H](CC=C4C[C@@H](O)CC[C@@]43C)[C@@H]1CC=C2n1cnc2ccccc21. The molecule has 29 heavy (non-hydrogen) atoms. The third kappa shape index (κ3) is 2.37. The van der Waals surface area contributed by atoms with Crippen LogP contribution in [0.3, 0.4) is 0 Å². The zero-order chi connectivity index (χ0) is 19.8. The highest BCUT2D eigenvalue weighted by Crippen LogP contribution is 2.65. The van der Waals surface area contributed by atoms with Crippen molar-refractivity contribution in [2.45, 2.75) is 64.9 Å². The molecule has 6 atom stereocenters. The van der Waals surface area contributed by atoms with E-state index in [0.717, 1.165) is 42.5 Å². The van der Waals surface area contributed by atoms with Gasteiger partial charge >= 0.3 is 0 Å². The molecule has 4 aliphatic carbocycles. The number of allylic oxidation sites excluding steroid dienone is 3. The highest BCUT2D eigenvalue weighted by molar-refractivity contribution is 5.80. The van der Waals surface area contributed by atoms with Crippen LogP contribution in [0.1, 0.15) is 58.8 Å². The Labute approximate surface area is 173 Å². The molecule has 1 unspecified atom stereocenters. The average molecular weight is 389 g/mol. The molecular formula is C26H32N2O. The second-order valence-electron chi connectivity index (χ2n) is 10.5. The predicted molar refractivity (Wildman–Crippen MR) is 117 cm³/mol. The molecule has 1 N–H and O–H groups in total. The Kier molecular flexibility index (Phi) is 3.76. The fourth-order valence-electron chi connectivity index (χ4n) is 7.71. The Hall–Kier alpha value is -1.87. The molecule has 6 rings (SSSR count). The van der Waals surface area contributed by atoms with Crippen molar-refractivity contribution < 1.29 is 5.11 Å². The van der Waals surface area contributed by atoms with Gasteiger partial charge in [-0.15, -0.1) is 0 Å². The summed E-state index contributed by atoms with van der Waals surface area (Å²) >= 11 is 0. The minimum absolute atomic E-state index is 0.117. The Balaban J connectivity index is 1.36. The predicted octanol–water partition coefficient (Wildman–Crippen LogP) is 5.81. The largest absolute Gasteiger partial charge is 0.393 e. The molecule has 0 saturated heterocycles. The molecule has 0 bridgehead atoms. The van der Waals surface area contributed by atoms with Crippen LogP contribution in [0.5, 0.6) is 0 Å². The standard InChI is InChI=1S/C26H32N2O/c1-25-13-11-18(29)15-17(25)7-8-19-20-9-10-24(26(20,2)14-12-21(19)25)28-16-27-22-5-3-4-6-23(22)28/h3-7,10,16,18-21,29H,8-9,11-15H2,1-2H3/t18-,19-,20-,21-,25-,26?/m0/s1. The minimum atomic E-state index is -0.117. The molecule has 0 amide bonds. The van der Waals surface area contributed by atoms with Gasteiger partial charge < -0.3 is 9.67 Å². The molecule has 152 valence electrons. The van der Waals surface area contributed by atoms with Gasteiger partial charge in [-0.25, -0.2) is 4.98 Å². The van der Waals surface area contributed by atoms with Crippen molar-refractivity contribution in [3.05, 3.63) is 48.3 Å². The molecule has 0 spiro atoms. The van der Waals surface area contributed by atoms with E-state index < -0.39 is 0 Å². The van der Waals surface area contributed by atoms with Gasteiger partial charge in [0.2, 0.25) is 0 Å². The molecule has 1 heterocycles. The molecule has 2 fully saturated rings. The van der Waals surface area contributed by atoms with Gasteiger partial charge in [0.25, 0.3) is 0 Å². The van der Waals surface area contributed by atoms with Gasteiger partial charge in [-0.2, -0.15) is 0 Å². The highest BCUT2D eigenvalue weighted by Gasteiger charge is 2.57. The summed E-state index contributed by atoms with van der Waals surface area (Å²) in [7, 11) is 0. The van der Waals surface area contributed by atoms with Crippen molar-refractivity contribution in [1.29, 1.82) is 0 Å². The van der Waals surface area contributed by atoms with Crippen LogP contribution in [0.15, 0.2) is 48.3 Å². The lowest BCUT2D eigenvalue weighted by Gasteiger charge is -2.57. The van der Waals surface area contributed by atoms with E-state index in [1.165, 1.54) is 36.9 Å². The lowest BCUT2D eigenvalue weighted by atomic mass is 9.48. The summed E-state index contributed by atoms with van der Waals surface area (Å²) < 4.78 is 2.37. The van der Waals surface area contributed by atoms with E-state index in [2.05, 4.69) is 59.8 Å². The second kappa shape index (κ2) is 6.07. The number of fused-ring (bicyclic) bond motifs is 6. The Morgan fingerprint density at radius 2 is 1.83 bits per heavy atom. The van der Waals surface area contributed by atoms with Crippen molar-refractivity contribution in [3.8, 4) is 0 Å². The zero-order valence-electron chi connectivity index (χ0n) is 17.6. The third-order valence-corrected chi connectivity index (χ3v) is 9.33. The van der Waals surface area contributed by atoms with Crippen LogP contribution >= 0.6 is 0 Å². The molecule has 3 heteroatoms. The number of aromatic nitrogens is 2. The van der Waals surface area contributed by atoms with E-state index in [1.54, 1.807) is 5.57 Å². The van der Waals surface area contributed by atoms with Gasteiger partial charge in [-0.05, 0) is 80.2 Å². The summed E-state index contributed by atoms with van der Waals surface area (Å²) in [5.74, 6) is 2.26.